The van der Waals surface area contributed by atoms with Gasteiger partial charge in [-0.25, -0.2) is 4.98 Å². The Morgan fingerprint density at radius 3 is 1.95 bits per heavy atom. The number of hydrogen-bond donors (Lipinski definition) is 0. The van der Waals surface area contributed by atoms with E-state index in [1.165, 1.54) is 49.0 Å². The third kappa shape index (κ3) is 2.90. The highest BCUT2D eigenvalue weighted by Crippen LogP contribution is 2.45. The average Bonchev–Trinajstić information content (AvgIpc) is 3.78. The van der Waals surface area contributed by atoms with Crippen molar-refractivity contribution in [3.8, 4) is 11.4 Å². The van der Waals surface area contributed by atoms with Crippen LogP contribution in [0.2, 0.25) is 0 Å². The molecular formula is C38H23N5. The van der Waals surface area contributed by atoms with E-state index >= 15 is 0 Å². The van der Waals surface area contributed by atoms with Crippen molar-refractivity contribution in [3.05, 3.63) is 140 Å². The maximum absolute atomic E-state index is 4.81. The molecule has 0 aliphatic rings. The van der Waals surface area contributed by atoms with Crippen molar-refractivity contribution in [2.75, 3.05) is 0 Å². The number of rotatable bonds is 2. The van der Waals surface area contributed by atoms with Gasteiger partial charge in [-0.2, -0.15) is 0 Å². The van der Waals surface area contributed by atoms with Crippen LogP contribution in [0.15, 0.2) is 140 Å². The lowest BCUT2D eigenvalue weighted by molar-refractivity contribution is 1.17. The van der Waals surface area contributed by atoms with Gasteiger partial charge in [-0.3, -0.25) is 9.38 Å². The first-order valence-corrected chi connectivity index (χ1v) is 14.5. The van der Waals surface area contributed by atoms with Crippen molar-refractivity contribution >= 4 is 70.9 Å². The molecular weight excluding hydrogens is 526 g/mol. The molecule has 10 rings (SSSR count). The Balaban J connectivity index is 1.52. The predicted octanol–water partition coefficient (Wildman–Crippen LogP) is 9.23. The van der Waals surface area contributed by atoms with Crippen LogP contribution in [-0.2, 0) is 0 Å². The summed E-state index contributed by atoms with van der Waals surface area (Å²) < 4.78 is 7.02. The maximum Gasteiger partial charge on any atom is 0.145 e. The molecule has 200 valence electrons. The summed E-state index contributed by atoms with van der Waals surface area (Å²) in [4.78, 5) is 9.40. The summed E-state index contributed by atoms with van der Waals surface area (Å²) in [6.07, 6.45) is 7.79. The summed E-state index contributed by atoms with van der Waals surface area (Å²) in [6.45, 7) is 0. The number of para-hydroxylation sites is 3. The molecule has 0 aliphatic heterocycles. The van der Waals surface area contributed by atoms with Crippen LogP contribution in [0.25, 0.3) is 82.3 Å². The molecule has 0 unspecified atom stereocenters. The van der Waals surface area contributed by atoms with Crippen LogP contribution in [0, 0.1) is 0 Å². The smallest absolute Gasteiger partial charge is 0.145 e. The molecule has 0 bridgehead atoms. The first kappa shape index (κ1) is 22.7. The Labute approximate surface area is 245 Å². The molecule has 0 radical (unpaired) electrons. The highest BCUT2D eigenvalue weighted by atomic mass is 15.0. The highest BCUT2D eigenvalue weighted by molar-refractivity contribution is 6.34. The normalized spacial score (nSPS) is 12.2. The summed E-state index contributed by atoms with van der Waals surface area (Å²) in [6, 6.07) is 41.4. The highest BCUT2D eigenvalue weighted by Gasteiger charge is 2.23. The molecule has 0 aliphatic carbocycles. The van der Waals surface area contributed by atoms with Crippen molar-refractivity contribution in [1.82, 2.24) is 23.5 Å². The average molecular weight is 550 g/mol. The van der Waals surface area contributed by atoms with Crippen LogP contribution >= 0.6 is 0 Å². The van der Waals surface area contributed by atoms with Gasteiger partial charge in [0.15, 0.2) is 0 Å². The zero-order valence-electron chi connectivity index (χ0n) is 23.0. The minimum absolute atomic E-state index is 0.956. The Kier molecular flexibility index (Phi) is 4.39. The van der Waals surface area contributed by atoms with E-state index in [1.54, 1.807) is 0 Å². The summed E-state index contributed by atoms with van der Waals surface area (Å²) >= 11 is 0. The van der Waals surface area contributed by atoms with E-state index in [0.29, 0.717) is 0 Å². The van der Waals surface area contributed by atoms with Gasteiger partial charge in [-0.15, -0.1) is 0 Å². The zero-order chi connectivity index (χ0) is 28.1. The monoisotopic (exact) mass is 549 g/mol. The number of aromatic nitrogens is 5. The van der Waals surface area contributed by atoms with Crippen LogP contribution in [0.1, 0.15) is 0 Å². The second kappa shape index (κ2) is 8.30. The second-order valence-corrected chi connectivity index (χ2v) is 11.1. The number of hydrogen-bond acceptors (Lipinski definition) is 2. The van der Waals surface area contributed by atoms with E-state index in [1.807, 2.05) is 24.8 Å². The first-order valence-electron chi connectivity index (χ1n) is 14.5. The van der Waals surface area contributed by atoms with Crippen LogP contribution in [-0.4, -0.2) is 23.5 Å². The van der Waals surface area contributed by atoms with Gasteiger partial charge < -0.3 is 9.13 Å². The molecule has 43 heavy (non-hydrogen) atoms. The predicted molar refractivity (Wildman–Crippen MR) is 177 cm³/mol. The van der Waals surface area contributed by atoms with Crippen LogP contribution in [0.5, 0.6) is 0 Å². The fourth-order valence-corrected chi connectivity index (χ4v) is 7.30. The zero-order valence-corrected chi connectivity index (χ0v) is 23.0. The minimum Gasteiger partial charge on any atom is -0.309 e. The lowest BCUT2D eigenvalue weighted by Gasteiger charge is -2.11. The summed E-state index contributed by atoms with van der Waals surface area (Å²) in [5.74, 6) is 0. The first-order chi connectivity index (χ1) is 21.4. The molecule has 5 nitrogen and oxygen atoms in total. The van der Waals surface area contributed by atoms with Gasteiger partial charge in [-0.05, 0) is 54.6 Å². The molecule has 5 aromatic heterocycles. The van der Waals surface area contributed by atoms with Crippen LogP contribution < -0.4 is 0 Å². The molecule has 0 N–H and O–H groups in total. The van der Waals surface area contributed by atoms with Crippen molar-refractivity contribution in [1.29, 1.82) is 0 Å². The van der Waals surface area contributed by atoms with Gasteiger partial charge in [0.2, 0.25) is 0 Å². The fraction of sp³-hybridized carbons (Fsp3) is 0. The second-order valence-electron chi connectivity index (χ2n) is 11.1. The standard InChI is InChI=1S/C38H23N5/c1-3-9-24(10-4-1)42-31-14-8-7-13-26(31)36-33(42)17-15-27-35-32(43(37(27)36)25-11-5-2-6-12-25)18-16-28-34(35)29-23-39-20-19-30(29)41-22-21-40-38(28)41/h1-23H. The van der Waals surface area contributed by atoms with Gasteiger partial charge in [0.1, 0.15) is 5.65 Å². The van der Waals surface area contributed by atoms with Crippen molar-refractivity contribution in [2.45, 2.75) is 0 Å². The largest absolute Gasteiger partial charge is 0.309 e. The summed E-state index contributed by atoms with van der Waals surface area (Å²) in [5.41, 5.74) is 9.10. The van der Waals surface area contributed by atoms with E-state index < -0.39 is 0 Å². The molecule has 0 saturated heterocycles. The molecule has 0 atom stereocenters. The lowest BCUT2D eigenvalue weighted by Crippen LogP contribution is -1.95. The van der Waals surface area contributed by atoms with Crippen molar-refractivity contribution < 1.29 is 0 Å². The Hall–Kier alpha value is -5.94. The van der Waals surface area contributed by atoms with E-state index in [2.05, 4.69) is 134 Å². The molecule has 0 fully saturated rings. The SMILES string of the molecule is c1ccc(-n2c3ccccc3c3c2ccc2c4c5c6cnccc6n6ccnc6c5ccc4n(-c4ccccc4)c23)cc1. The van der Waals surface area contributed by atoms with E-state index in [4.69, 9.17) is 4.98 Å². The van der Waals surface area contributed by atoms with Crippen molar-refractivity contribution in [3.63, 3.8) is 0 Å². The molecule has 0 amide bonds. The molecule has 0 spiro atoms. The van der Waals surface area contributed by atoms with Gasteiger partial charge in [0, 0.05) is 73.9 Å². The van der Waals surface area contributed by atoms with E-state index in [9.17, 15) is 0 Å². The van der Waals surface area contributed by atoms with Crippen molar-refractivity contribution in [2.24, 2.45) is 0 Å². The number of fused-ring (bicyclic) bond motifs is 14. The van der Waals surface area contributed by atoms with Gasteiger partial charge in [0.05, 0.1) is 27.6 Å². The topological polar surface area (TPSA) is 40.1 Å². The molecule has 0 saturated carbocycles. The third-order valence-electron chi connectivity index (χ3n) is 8.97. The number of pyridine rings is 2. The summed E-state index contributed by atoms with van der Waals surface area (Å²) in [7, 11) is 0. The van der Waals surface area contributed by atoms with Gasteiger partial charge >= 0.3 is 0 Å². The van der Waals surface area contributed by atoms with E-state index in [0.717, 1.165) is 33.3 Å². The van der Waals surface area contributed by atoms with Crippen LogP contribution in [0.4, 0.5) is 0 Å². The molecule has 10 aromatic rings. The number of imidazole rings is 1. The molecule has 5 aromatic carbocycles. The number of nitrogens with zero attached hydrogens (tertiary/aromatic N) is 5. The maximum atomic E-state index is 4.81. The Morgan fingerprint density at radius 1 is 0.442 bits per heavy atom. The Bertz CT molecular complexity index is 2710. The summed E-state index contributed by atoms with van der Waals surface area (Å²) in [5, 5.41) is 8.34. The minimum atomic E-state index is 0.956. The quantitative estimate of drug-likeness (QED) is 0.202. The van der Waals surface area contributed by atoms with Crippen LogP contribution in [0.3, 0.4) is 0 Å². The third-order valence-corrected chi connectivity index (χ3v) is 8.97. The molecule has 5 heterocycles. The van der Waals surface area contributed by atoms with Gasteiger partial charge in [-0.1, -0.05) is 60.7 Å². The molecule has 5 heteroatoms. The van der Waals surface area contributed by atoms with E-state index in [-0.39, 0.29) is 0 Å². The Morgan fingerprint density at radius 2 is 1.14 bits per heavy atom. The fourth-order valence-electron chi connectivity index (χ4n) is 7.30. The number of benzene rings is 5. The lowest BCUT2D eigenvalue weighted by atomic mass is 10.0. The van der Waals surface area contributed by atoms with Gasteiger partial charge in [0.25, 0.3) is 0 Å².